The van der Waals surface area contributed by atoms with Crippen LogP contribution in [0.3, 0.4) is 0 Å². The molecule has 5 N–H and O–H groups in total. The molecule has 132 valence electrons. The first kappa shape index (κ1) is 20.2. The first-order valence-corrected chi connectivity index (χ1v) is 7.46. The number of aliphatic hydroxyl groups is 2. The molecule has 0 heterocycles. The largest absolute Gasteiger partial charge is 0.395 e. The molecule has 7 nitrogen and oxygen atoms in total. The molecular formula is C18H20N2O5. The van der Waals surface area contributed by atoms with E-state index in [-0.39, 0.29) is 12.2 Å². The predicted molar refractivity (Wildman–Crippen MR) is 90.3 cm³/mol. The highest BCUT2D eigenvalue weighted by atomic mass is 16.5. The van der Waals surface area contributed by atoms with E-state index >= 15 is 0 Å². The van der Waals surface area contributed by atoms with Gasteiger partial charge in [-0.15, -0.1) is 0 Å². The van der Waals surface area contributed by atoms with Crippen molar-refractivity contribution in [1.82, 2.24) is 10.8 Å². The topological polar surface area (TPSA) is 119 Å². The van der Waals surface area contributed by atoms with E-state index in [1.165, 1.54) is 31.5 Å². The van der Waals surface area contributed by atoms with E-state index in [2.05, 4.69) is 29.0 Å². The molecule has 1 aromatic rings. The molecule has 0 aliphatic rings. The minimum atomic E-state index is -1.57. The Hall–Kier alpha value is -2.84. The Morgan fingerprint density at radius 2 is 1.84 bits per heavy atom. The third kappa shape index (κ3) is 6.66. The van der Waals surface area contributed by atoms with Crippen molar-refractivity contribution in [3.8, 4) is 23.7 Å². The summed E-state index contributed by atoms with van der Waals surface area (Å²) in [5.41, 5.74) is 0.748. The fourth-order valence-corrected chi connectivity index (χ4v) is 1.81. The molecule has 0 aliphatic carbocycles. The second kappa shape index (κ2) is 9.45. The Morgan fingerprint density at radius 1 is 1.20 bits per heavy atom. The van der Waals surface area contributed by atoms with Crippen molar-refractivity contribution in [2.75, 3.05) is 6.61 Å². The minimum Gasteiger partial charge on any atom is -0.395 e. The van der Waals surface area contributed by atoms with Crippen LogP contribution in [0.5, 0.6) is 0 Å². The third-order valence-electron chi connectivity index (χ3n) is 3.10. The predicted octanol–water partition coefficient (Wildman–Crippen LogP) is -0.201. The van der Waals surface area contributed by atoms with Crippen molar-refractivity contribution in [2.24, 2.45) is 0 Å². The van der Waals surface area contributed by atoms with Crippen LogP contribution >= 0.6 is 0 Å². The number of hydrogen-bond donors (Lipinski definition) is 5. The van der Waals surface area contributed by atoms with Crippen LogP contribution in [-0.2, 0) is 4.79 Å². The molecular weight excluding hydrogens is 324 g/mol. The molecule has 2 amide bonds. The highest BCUT2D eigenvalue weighted by Gasteiger charge is 2.34. The lowest BCUT2D eigenvalue weighted by atomic mass is 9.97. The van der Waals surface area contributed by atoms with Crippen LogP contribution in [0.1, 0.15) is 36.2 Å². The number of nitrogens with one attached hydrogen (secondary N) is 2. The van der Waals surface area contributed by atoms with Gasteiger partial charge in [-0.05, 0) is 50.0 Å². The van der Waals surface area contributed by atoms with E-state index in [4.69, 9.17) is 10.3 Å². The van der Waals surface area contributed by atoms with E-state index in [0.717, 1.165) is 0 Å². The molecule has 1 rings (SSSR count). The number of aliphatic hydroxyl groups excluding tert-OH is 1. The Bertz CT molecular complexity index is 727. The maximum atomic E-state index is 12.2. The number of amides is 2. The highest BCUT2D eigenvalue weighted by Crippen LogP contribution is 2.11. The van der Waals surface area contributed by atoms with Gasteiger partial charge in [0.05, 0.1) is 12.2 Å². The van der Waals surface area contributed by atoms with Gasteiger partial charge in [-0.2, -0.15) is 0 Å². The lowest BCUT2D eigenvalue weighted by Crippen LogP contribution is -2.57. The SMILES string of the molecule is CC(C)(O)C(NC(=O)c1ccc(C#CC#CCCO)cc1)C(=O)NO. The molecule has 0 saturated heterocycles. The van der Waals surface area contributed by atoms with Crippen molar-refractivity contribution in [1.29, 1.82) is 0 Å². The fraction of sp³-hybridized carbons (Fsp3) is 0.333. The van der Waals surface area contributed by atoms with Crippen LogP contribution in [0.15, 0.2) is 24.3 Å². The van der Waals surface area contributed by atoms with Gasteiger partial charge in [0.15, 0.2) is 0 Å². The summed E-state index contributed by atoms with van der Waals surface area (Å²) in [6, 6.07) is 4.92. The molecule has 1 aromatic carbocycles. The monoisotopic (exact) mass is 344 g/mol. The van der Waals surface area contributed by atoms with Gasteiger partial charge >= 0.3 is 0 Å². The zero-order chi connectivity index (χ0) is 18.9. The number of rotatable bonds is 5. The molecule has 7 heteroatoms. The van der Waals surface area contributed by atoms with Crippen LogP contribution in [0.2, 0.25) is 0 Å². The standard InChI is InChI=1S/C18H20N2O5/c1-18(2,24)15(17(23)20-25)19-16(22)14-10-8-13(9-11-14)7-5-3-4-6-12-21/h8-11,15,21,24-25H,6,12H2,1-2H3,(H,19,22)(H,20,23). The Morgan fingerprint density at radius 3 is 2.36 bits per heavy atom. The molecule has 0 fully saturated rings. The average Bonchev–Trinajstić information content (AvgIpc) is 2.58. The summed E-state index contributed by atoms with van der Waals surface area (Å²) in [4.78, 5) is 23.8. The Labute approximate surface area is 146 Å². The van der Waals surface area contributed by atoms with Gasteiger partial charge in [0.1, 0.15) is 6.04 Å². The lowest BCUT2D eigenvalue weighted by Gasteiger charge is -2.28. The molecule has 0 bridgehead atoms. The van der Waals surface area contributed by atoms with Gasteiger partial charge in [-0.1, -0.05) is 11.8 Å². The van der Waals surface area contributed by atoms with Crippen molar-refractivity contribution in [3.63, 3.8) is 0 Å². The molecule has 0 aromatic heterocycles. The third-order valence-corrected chi connectivity index (χ3v) is 3.10. The van der Waals surface area contributed by atoms with Crippen molar-refractivity contribution in [2.45, 2.75) is 31.9 Å². The quantitative estimate of drug-likeness (QED) is 0.288. The number of benzene rings is 1. The van der Waals surface area contributed by atoms with Crippen LogP contribution in [0.4, 0.5) is 0 Å². The zero-order valence-electron chi connectivity index (χ0n) is 14.0. The van der Waals surface area contributed by atoms with Crippen molar-refractivity contribution in [3.05, 3.63) is 35.4 Å². The van der Waals surface area contributed by atoms with Gasteiger partial charge in [-0.25, -0.2) is 5.48 Å². The molecule has 0 spiro atoms. The highest BCUT2D eigenvalue weighted by molar-refractivity contribution is 5.97. The smallest absolute Gasteiger partial charge is 0.268 e. The normalized spacial score (nSPS) is 11.2. The summed E-state index contributed by atoms with van der Waals surface area (Å²) in [6.45, 7) is 2.66. The average molecular weight is 344 g/mol. The number of hydroxylamine groups is 1. The minimum absolute atomic E-state index is 0.0154. The summed E-state index contributed by atoms with van der Waals surface area (Å²) < 4.78 is 0. The molecule has 1 atom stereocenters. The van der Waals surface area contributed by atoms with Crippen LogP contribution in [0.25, 0.3) is 0 Å². The van der Waals surface area contributed by atoms with Gasteiger partial charge in [0.25, 0.3) is 11.8 Å². The van der Waals surface area contributed by atoms with E-state index in [1.54, 1.807) is 12.1 Å². The zero-order valence-corrected chi connectivity index (χ0v) is 14.0. The van der Waals surface area contributed by atoms with Crippen LogP contribution in [-0.4, -0.2) is 45.5 Å². The molecule has 25 heavy (non-hydrogen) atoms. The summed E-state index contributed by atoms with van der Waals surface area (Å²) in [7, 11) is 0. The molecule has 0 saturated carbocycles. The van der Waals surface area contributed by atoms with Crippen LogP contribution < -0.4 is 10.8 Å². The number of hydrogen-bond acceptors (Lipinski definition) is 5. The molecule has 0 aliphatic heterocycles. The van der Waals surface area contributed by atoms with Gasteiger partial charge < -0.3 is 15.5 Å². The number of carbonyl (C=O) groups excluding carboxylic acids is 2. The van der Waals surface area contributed by atoms with Crippen LogP contribution in [0, 0.1) is 23.7 Å². The summed E-state index contributed by atoms with van der Waals surface area (Å²) in [5, 5.41) is 29.6. The van der Waals surface area contributed by atoms with Gasteiger partial charge in [0, 0.05) is 17.5 Å². The lowest BCUT2D eigenvalue weighted by molar-refractivity contribution is -0.136. The van der Waals surface area contributed by atoms with E-state index in [9.17, 15) is 14.7 Å². The Balaban J connectivity index is 2.83. The van der Waals surface area contributed by atoms with Gasteiger partial charge in [0.2, 0.25) is 0 Å². The maximum Gasteiger partial charge on any atom is 0.268 e. The van der Waals surface area contributed by atoms with E-state index in [0.29, 0.717) is 12.0 Å². The van der Waals surface area contributed by atoms with E-state index < -0.39 is 23.5 Å². The molecule has 1 unspecified atom stereocenters. The maximum absolute atomic E-state index is 12.2. The number of carbonyl (C=O) groups is 2. The van der Waals surface area contributed by atoms with Crippen molar-refractivity contribution < 1.29 is 25.0 Å². The summed E-state index contributed by atoms with van der Waals surface area (Å²) in [5.74, 6) is 9.15. The summed E-state index contributed by atoms with van der Waals surface area (Å²) >= 11 is 0. The second-order valence-electron chi connectivity index (χ2n) is 5.64. The fourth-order valence-electron chi connectivity index (χ4n) is 1.81. The molecule has 0 radical (unpaired) electrons. The Kier molecular flexibility index (Phi) is 7.64. The van der Waals surface area contributed by atoms with E-state index in [1.807, 2.05) is 0 Å². The first-order chi connectivity index (χ1) is 11.8. The van der Waals surface area contributed by atoms with Crippen molar-refractivity contribution >= 4 is 11.8 Å². The summed E-state index contributed by atoms with van der Waals surface area (Å²) in [6.07, 6.45) is 0.359. The first-order valence-electron chi connectivity index (χ1n) is 7.46. The second-order valence-corrected chi connectivity index (χ2v) is 5.64. The van der Waals surface area contributed by atoms with Gasteiger partial charge in [-0.3, -0.25) is 14.8 Å².